The van der Waals surface area contributed by atoms with E-state index < -0.39 is 17.7 Å². The van der Waals surface area contributed by atoms with E-state index >= 15 is 0 Å². The van der Waals surface area contributed by atoms with Crippen LogP contribution in [0.1, 0.15) is 48.1 Å². The van der Waals surface area contributed by atoms with Crippen molar-refractivity contribution in [1.29, 1.82) is 0 Å². The molecule has 1 aliphatic rings. The Morgan fingerprint density at radius 2 is 1.69 bits per heavy atom. The van der Waals surface area contributed by atoms with Crippen molar-refractivity contribution in [1.82, 2.24) is 0 Å². The molecule has 3 aromatic rings. The molecular formula is C29H29NO5. The normalized spacial score (nSPS) is 17.2. The molecule has 1 unspecified atom stereocenters. The van der Waals surface area contributed by atoms with Crippen LogP contribution in [0, 0.1) is 6.92 Å². The molecular weight excluding hydrogens is 442 g/mol. The molecule has 1 N–H and O–H groups in total. The maximum atomic E-state index is 13.4. The van der Waals surface area contributed by atoms with Gasteiger partial charge in [-0.2, -0.15) is 0 Å². The largest absolute Gasteiger partial charge is 0.507 e. The van der Waals surface area contributed by atoms with Gasteiger partial charge in [-0.05, 0) is 59.9 Å². The number of carbonyl (C=O) groups excluding carboxylic acids is 2. The molecule has 1 aliphatic heterocycles. The first-order chi connectivity index (χ1) is 16.8. The summed E-state index contributed by atoms with van der Waals surface area (Å²) in [5, 5.41) is 11.5. The fourth-order valence-corrected chi connectivity index (χ4v) is 4.54. The van der Waals surface area contributed by atoms with Crippen molar-refractivity contribution in [3.8, 4) is 11.5 Å². The average molecular weight is 472 g/mol. The van der Waals surface area contributed by atoms with E-state index in [1.165, 1.54) is 4.90 Å². The molecule has 0 aromatic heterocycles. The van der Waals surface area contributed by atoms with Crippen molar-refractivity contribution in [2.45, 2.75) is 32.7 Å². The fourth-order valence-electron chi connectivity index (χ4n) is 4.54. The molecule has 6 heteroatoms. The Balaban J connectivity index is 1.97. The molecule has 0 spiro atoms. The number of methoxy groups -OCH3 is 2. The fraction of sp³-hybridized carbons (Fsp3) is 0.241. The molecule has 35 heavy (non-hydrogen) atoms. The molecule has 180 valence electrons. The van der Waals surface area contributed by atoms with Gasteiger partial charge >= 0.3 is 0 Å². The van der Waals surface area contributed by atoms with Crippen LogP contribution in [0.5, 0.6) is 11.5 Å². The third-order valence-corrected chi connectivity index (χ3v) is 6.38. The summed E-state index contributed by atoms with van der Waals surface area (Å²) >= 11 is 0. The number of rotatable bonds is 6. The van der Waals surface area contributed by atoms with Crippen molar-refractivity contribution < 1.29 is 24.2 Å². The predicted octanol–water partition coefficient (Wildman–Crippen LogP) is 5.76. The van der Waals surface area contributed by atoms with Gasteiger partial charge in [-0.15, -0.1) is 0 Å². The number of Topliss-reactive ketones (excluding diaryl/α,β-unsaturated/α-hetero) is 1. The van der Waals surface area contributed by atoms with Crippen molar-refractivity contribution in [3.63, 3.8) is 0 Å². The van der Waals surface area contributed by atoms with Crippen LogP contribution in [-0.2, 0) is 9.59 Å². The summed E-state index contributed by atoms with van der Waals surface area (Å²) in [6.45, 7) is 5.97. The van der Waals surface area contributed by atoms with Gasteiger partial charge in [-0.25, -0.2) is 0 Å². The molecule has 3 aromatic carbocycles. The van der Waals surface area contributed by atoms with Crippen LogP contribution in [0.4, 0.5) is 5.69 Å². The molecule has 1 atom stereocenters. The molecule has 0 saturated carbocycles. The smallest absolute Gasteiger partial charge is 0.300 e. The lowest BCUT2D eigenvalue weighted by Crippen LogP contribution is -2.29. The van der Waals surface area contributed by atoms with Crippen LogP contribution in [0.2, 0.25) is 0 Å². The van der Waals surface area contributed by atoms with Crippen LogP contribution < -0.4 is 14.4 Å². The molecule has 0 aliphatic carbocycles. The van der Waals surface area contributed by atoms with Gasteiger partial charge in [0, 0.05) is 17.3 Å². The Morgan fingerprint density at radius 3 is 2.34 bits per heavy atom. The van der Waals surface area contributed by atoms with E-state index in [9.17, 15) is 14.7 Å². The van der Waals surface area contributed by atoms with Crippen LogP contribution in [-0.4, -0.2) is 31.0 Å². The number of nitrogens with zero attached hydrogens (tertiary/aromatic N) is 1. The van der Waals surface area contributed by atoms with Crippen LogP contribution >= 0.6 is 0 Å². The summed E-state index contributed by atoms with van der Waals surface area (Å²) in [5.74, 6) is -0.268. The maximum Gasteiger partial charge on any atom is 0.300 e. The zero-order valence-corrected chi connectivity index (χ0v) is 20.5. The Hall–Kier alpha value is -4.06. The number of amides is 1. The summed E-state index contributed by atoms with van der Waals surface area (Å²) in [7, 11) is 3.14. The number of ketones is 1. The van der Waals surface area contributed by atoms with Gasteiger partial charge in [-0.1, -0.05) is 44.2 Å². The Morgan fingerprint density at radius 1 is 0.943 bits per heavy atom. The van der Waals surface area contributed by atoms with Gasteiger partial charge in [0.15, 0.2) is 0 Å². The highest BCUT2D eigenvalue weighted by molar-refractivity contribution is 6.51. The molecule has 1 amide bonds. The van der Waals surface area contributed by atoms with Gasteiger partial charge in [0.2, 0.25) is 0 Å². The second-order valence-electron chi connectivity index (χ2n) is 8.84. The van der Waals surface area contributed by atoms with E-state index in [1.807, 2.05) is 51.1 Å². The summed E-state index contributed by atoms with van der Waals surface area (Å²) in [6, 6.07) is 19.0. The number of hydrogen-bond acceptors (Lipinski definition) is 5. The first-order valence-corrected chi connectivity index (χ1v) is 11.5. The van der Waals surface area contributed by atoms with Gasteiger partial charge in [0.05, 0.1) is 25.8 Å². The number of hydrogen-bond donors (Lipinski definition) is 1. The number of carbonyl (C=O) groups is 2. The highest BCUT2D eigenvalue weighted by Crippen LogP contribution is 2.44. The Kier molecular flexibility index (Phi) is 6.65. The van der Waals surface area contributed by atoms with E-state index in [-0.39, 0.29) is 17.3 Å². The Labute approximate surface area is 205 Å². The second kappa shape index (κ2) is 9.66. The van der Waals surface area contributed by atoms with Crippen LogP contribution in [0.25, 0.3) is 5.76 Å². The second-order valence-corrected chi connectivity index (χ2v) is 8.84. The standard InChI is InChI=1S/C29H29NO5/c1-17(2)23-15-19(13-14-24(23)35-5)27(31)25-26(22-12-7-6-9-18(22)3)30(29(33)28(25)32)20-10-8-11-21(16-20)34-4/h6-17,26,31H,1-5H3/b27-25+. The highest BCUT2D eigenvalue weighted by Gasteiger charge is 2.47. The van der Waals surface area contributed by atoms with Crippen LogP contribution in [0.3, 0.4) is 0 Å². The van der Waals surface area contributed by atoms with Gasteiger partial charge in [0.25, 0.3) is 11.7 Å². The molecule has 0 radical (unpaired) electrons. The van der Waals surface area contributed by atoms with Crippen molar-refractivity contribution in [3.05, 3.63) is 94.6 Å². The molecule has 1 fully saturated rings. The third-order valence-electron chi connectivity index (χ3n) is 6.38. The topological polar surface area (TPSA) is 76.1 Å². The van der Waals surface area contributed by atoms with Gasteiger partial charge in [0.1, 0.15) is 17.3 Å². The van der Waals surface area contributed by atoms with Crippen LogP contribution in [0.15, 0.2) is 72.3 Å². The monoisotopic (exact) mass is 471 g/mol. The number of anilines is 1. The van der Waals surface area contributed by atoms with E-state index in [0.29, 0.717) is 22.7 Å². The lowest BCUT2D eigenvalue weighted by molar-refractivity contribution is -0.132. The summed E-state index contributed by atoms with van der Waals surface area (Å²) in [5.41, 5.74) is 3.57. The van der Waals surface area contributed by atoms with Crippen molar-refractivity contribution >= 4 is 23.1 Å². The van der Waals surface area contributed by atoms with Gasteiger partial charge < -0.3 is 14.6 Å². The minimum atomic E-state index is -0.798. The summed E-state index contributed by atoms with van der Waals surface area (Å²) in [4.78, 5) is 28.3. The number of aliphatic hydroxyl groups excluding tert-OH is 1. The quantitative estimate of drug-likeness (QED) is 0.281. The SMILES string of the molecule is COc1cccc(N2C(=O)C(=O)/C(=C(/O)c3ccc(OC)c(C(C)C)c3)C2c2ccccc2C)c1. The molecule has 4 rings (SSSR count). The predicted molar refractivity (Wildman–Crippen MR) is 136 cm³/mol. The molecule has 6 nitrogen and oxygen atoms in total. The number of aliphatic hydroxyl groups is 1. The first-order valence-electron chi connectivity index (χ1n) is 11.5. The third kappa shape index (κ3) is 4.28. The highest BCUT2D eigenvalue weighted by atomic mass is 16.5. The number of ether oxygens (including phenoxy) is 2. The number of aryl methyl sites for hydroxylation is 1. The summed E-state index contributed by atoms with van der Waals surface area (Å²) in [6.07, 6.45) is 0. The number of benzene rings is 3. The lowest BCUT2D eigenvalue weighted by atomic mass is 9.91. The van der Waals surface area contributed by atoms with E-state index in [0.717, 1.165) is 16.7 Å². The summed E-state index contributed by atoms with van der Waals surface area (Å²) < 4.78 is 10.8. The zero-order valence-electron chi connectivity index (χ0n) is 20.5. The van der Waals surface area contributed by atoms with E-state index in [2.05, 4.69) is 0 Å². The molecule has 1 heterocycles. The minimum Gasteiger partial charge on any atom is -0.507 e. The minimum absolute atomic E-state index is 0.0481. The zero-order chi connectivity index (χ0) is 25.3. The van der Waals surface area contributed by atoms with E-state index in [1.54, 1.807) is 50.6 Å². The average Bonchev–Trinajstić information content (AvgIpc) is 3.13. The molecule has 0 bridgehead atoms. The first kappa shape index (κ1) is 24.1. The van der Waals surface area contributed by atoms with Crippen molar-refractivity contribution in [2.24, 2.45) is 0 Å². The van der Waals surface area contributed by atoms with Gasteiger partial charge in [-0.3, -0.25) is 14.5 Å². The van der Waals surface area contributed by atoms with Crippen molar-refractivity contribution in [2.75, 3.05) is 19.1 Å². The Bertz CT molecular complexity index is 1320. The maximum absolute atomic E-state index is 13.4. The van der Waals surface area contributed by atoms with E-state index in [4.69, 9.17) is 9.47 Å². The lowest BCUT2D eigenvalue weighted by Gasteiger charge is -2.27. The molecule has 1 saturated heterocycles.